The quantitative estimate of drug-likeness (QED) is 0.751. The summed E-state index contributed by atoms with van der Waals surface area (Å²) in [6.45, 7) is 4.99. The summed E-state index contributed by atoms with van der Waals surface area (Å²) in [6, 6.07) is 6.92. The number of imide groups is 1. The Hall–Kier alpha value is -2.21. The number of hydrogen-bond donors (Lipinski definition) is 0. The Balaban J connectivity index is 1.58. The number of ether oxygens (including phenoxy) is 1. The summed E-state index contributed by atoms with van der Waals surface area (Å²) in [5.74, 6) is -0.681. The van der Waals surface area contributed by atoms with Gasteiger partial charge in [0, 0.05) is 18.7 Å². The van der Waals surface area contributed by atoms with E-state index in [1.807, 2.05) is 13.8 Å². The zero-order valence-electron chi connectivity index (χ0n) is 15.9. The average molecular weight is 370 g/mol. The molecule has 144 valence electrons. The zero-order chi connectivity index (χ0) is 19.1. The largest absolute Gasteiger partial charge is 0.372 e. The maximum absolute atomic E-state index is 13.0. The van der Waals surface area contributed by atoms with Crippen LogP contribution in [0.5, 0.6) is 0 Å². The van der Waals surface area contributed by atoms with E-state index in [0.29, 0.717) is 24.3 Å². The van der Waals surface area contributed by atoms with Crippen LogP contribution in [0.3, 0.4) is 0 Å². The molecule has 2 heterocycles. The molecule has 1 aromatic rings. The molecule has 1 aromatic carbocycles. The Labute approximate surface area is 159 Å². The van der Waals surface area contributed by atoms with Crippen molar-refractivity contribution in [1.82, 2.24) is 4.90 Å². The van der Waals surface area contributed by atoms with Gasteiger partial charge in [-0.25, -0.2) is 0 Å². The van der Waals surface area contributed by atoms with Crippen molar-refractivity contribution in [2.75, 3.05) is 18.0 Å². The summed E-state index contributed by atoms with van der Waals surface area (Å²) in [4.78, 5) is 41.7. The van der Waals surface area contributed by atoms with Crippen molar-refractivity contribution < 1.29 is 19.1 Å². The molecule has 27 heavy (non-hydrogen) atoms. The first-order chi connectivity index (χ1) is 13.0. The monoisotopic (exact) mass is 370 g/mol. The van der Waals surface area contributed by atoms with Crippen molar-refractivity contribution in [2.45, 2.75) is 51.7 Å². The number of hydrogen-bond acceptors (Lipinski definition) is 4. The Morgan fingerprint density at radius 3 is 2.19 bits per heavy atom. The Kier molecular flexibility index (Phi) is 4.76. The van der Waals surface area contributed by atoms with E-state index in [2.05, 4.69) is 0 Å². The predicted molar refractivity (Wildman–Crippen MR) is 100 cm³/mol. The van der Waals surface area contributed by atoms with E-state index in [-0.39, 0.29) is 41.8 Å². The molecule has 0 aromatic heterocycles. The molecule has 0 bridgehead atoms. The third-order valence-electron chi connectivity index (χ3n) is 5.90. The fraction of sp³-hybridized carbons (Fsp3) is 0.571. The van der Waals surface area contributed by atoms with E-state index in [1.165, 1.54) is 4.90 Å². The SMILES string of the molecule is CC1CN(C(=O)c2cccc(N3C(=O)C4CCCCC4C3=O)c2)CC(C)O1. The average Bonchev–Trinajstić information content (AvgIpc) is 2.91. The van der Waals surface area contributed by atoms with Crippen LogP contribution in [-0.4, -0.2) is 47.9 Å². The molecule has 0 N–H and O–H groups in total. The minimum absolute atomic E-state index is 0.00857. The van der Waals surface area contributed by atoms with Gasteiger partial charge in [0.15, 0.2) is 0 Å². The number of fused-ring (bicyclic) bond motifs is 1. The molecule has 4 unspecified atom stereocenters. The highest BCUT2D eigenvalue weighted by Crippen LogP contribution is 2.40. The topological polar surface area (TPSA) is 66.9 Å². The van der Waals surface area contributed by atoms with Crippen LogP contribution in [0, 0.1) is 11.8 Å². The number of carbonyl (C=O) groups is 3. The van der Waals surface area contributed by atoms with Crippen LogP contribution in [0.4, 0.5) is 5.69 Å². The number of anilines is 1. The second-order valence-electron chi connectivity index (χ2n) is 8.03. The summed E-state index contributed by atoms with van der Waals surface area (Å²) < 4.78 is 5.70. The van der Waals surface area contributed by atoms with Gasteiger partial charge in [0.05, 0.1) is 29.7 Å². The van der Waals surface area contributed by atoms with Crippen LogP contribution in [-0.2, 0) is 14.3 Å². The molecule has 1 aliphatic carbocycles. The normalized spacial score (nSPS) is 31.2. The van der Waals surface area contributed by atoms with E-state index in [0.717, 1.165) is 25.7 Å². The first-order valence-corrected chi connectivity index (χ1v) is 9.88. The molecule has 6 nitrogen and oxygen atoms in total. The van der Waals surface area contributed by atoms with E-state index in [9.17, 15) is 14.4 Å². The molecule has 3 amide bonds. The van der Waals surface area contributed by atoms with Gasteiger partial charge in [-0.3, -0.25) is 19.3 Å². The van der Waals surface area contributed by atoms with Crippen LogP contribution in [0.1, 0.15) is 49.9 Å². The van der Waals surface area contributed by atoms with E-state index < -0.39 is 0 Å². The van der Waals surface area contributed by atoms with Crippen molar-refractivity contribution in [3.63, 3.8) is 0 Å². The second kappa shape index (κ2) is 7.08. The molecule has 4 atom stereocenters. The lowest BCUT2D eigenvalue weighted by Crippen LogP contribution is -2.48. The lowest BCUT2D eigenvalue weighted by atomic mass is 9.81. The first-order valence-electron chi connectivity index (χ1n) is 9.88. The zero-order valence-corrected chi connectivity index (χ0v) is 15.9. The summed E-state index contributed by atoms with van der Waals surface area (Å²) in [5, 5.41) is 0. The van der Waals surface area contributed by atoms with Crippen LogP contribution in [0.25, 0.3) is 0 Å². The van der Waals surface area contributed by atoms with Crippen LogP contribution >= 0.6 is 0 Å². The molecular weight excluding hydrogens is 344 g/mol. The van der Waals surface area contributed by atoms with Gasteiger partial charge < -0.3 is 9.64 Å². The highest BCUT2D eigenvalue weighted by molar-refractivity contribution is 6.22. The lowest BCUT2D eigenvalue weighted by Gasteiger charge is -2.35. The van der Waals surface area contributed by atoms with Gasteiger partial charge in [-0.15, -0.1) is 0 Å². The van der Waals surface area contributed by atoms with Crippen molar-refractivity contribution in [3.8, 4) is 0 Å². The fourth-order valence-corrected chi connectivity index (χ4v) is 4.72. The second-order valence-corrected chi connectivity index (χ2v) is 8.03. The molecule has 3 fully saturated rings. The third kappa shape index (κ3) is 3.27. The number of morpholine rings is 1. The van der Waals surface area contributed by atoms with Gasteiger partial charge in [0.2, 0.25) is 11.8 Å². The number of nitrogens with zero attached hydrogens (tertiary/aromatic N) is 2. The highest BCUT2D eigenvalue weighted by Gasteiger charge is 2.48. The summed E-state index contributed by atoms with van der Waals surface area (Å²) in [7, 11) is 0. The number of amides is 3. The molecule has 6 heteroatoms. The Morgan fingerprint density at radius 1 is 1.00 bits per heavy atom. The standard InChI is InChI=1S/C21H26N2O4/c1-13-11-22(12-14(2)27-13)19(24)15-6-5-7-16(10-15)23-20(25)17-8-3-4-9-18(17)21(23)26/h5-7,10,13-14,17-18H,3-4,8-9,11-12H2,1-2H3. The molecular formula is C21H26N2O4. The van der Waals surface area contributed by atoms with Crippen molar-refractivity contribution >= 4 is 23.4 Å². The molecule has 4 rings (SSSR count). The number of benzene rings is 1. The number of carbonyl (C=O) groups excluding carboxylic acids is 3. The van der Waals surface area contributed by atoms with E-state index in [1.54, 1.807) is 29.2 Å². The van der Waals surface area contributed by atoms with Crippen molar-refractivity contribution in [3.05, 3.63) is 29.8 Å². The van der Waals surface area contributed by atoms with E-state index in [4.69, 9.17) is 4.74 Å². The maximum atomic E-state index is 13.0. The molecule has 0 radical (unpaired) electrons. The summed E-state index contributed by atoms with van der Waals surface area (Å²) in [6.07, 6.45) is 3.55. The lowest BCUT2D eigenvalue weighted by molar-refractivity contribution is -0.122. The molecule has 3 aliphatic rings. The molecule has 2 aliphatic heterocycles. The van der Waals surface area contributed by atoms with Gasteiger partial charge in [-0.1, -0.05) is 18.9 Å². The fourth-order valence-electron chi connectivity index (χ4n) is 4.72. The number of rotatable bonds is 2. The Morgan fingerprint density at radius 2 is 1.59 bits per heavy atom. The van der Waals surface area contributed by atoms with Crippen molar-refractivity contribution in [1.29, 1.82) is 0 Å². The van der Waals surface area contributed by atoms with E-state index >= 15 is 0 Å². The molecule has 1 saturated carbocycles. The summed E-state index contributed by atoms with van der Waals surface area (Å²) in [5.41, 5.74) is 1.02. The van der Waals surface area contributed by atoms with Gasteiger partial charge in [-0.2, -0.15) is 0 Å². The van der Waals surface area contributed by atoms with Crippen molar-refractivity contribution in [2.24, 2.45) is 11.8 Å². The Bertz CT molecular complexity index is 743. The predicted octanol–water partition coefficient (Wildman–Crippen LogP) is 2.62. The molecule has 2 saturated heterocycles. The maximum Gasteiger partial charge on any atom is 0.254 e. The van der Waals surface area contributed by atoms with Crippen LogP contribution in [0.2, 0.25) is 0 Å². The van der Waals surface area contributed by atoms with Gasteiger partial charge >= 0.3 is 0 Å². The third-order valence-corrected chi connectivity index (χ3v) is 5.90. The van der Waals surface area contributed by atoms with Gasteiger partial charge in [-0.05, 0) is 44.9 Å². The minimum Gasteiger partial charge on any atom is -0.372 e. The highest BCUT2D eigenvalue weighted by atomic mass is 16.5. The van der Waals surface area contributed by atoms with Gasteiger partial charge in [0.25, 0.3) is 5.91 Å². The molecule has 0 spiro atoms. The van der Waals surface area contributed by atoms with Crippen LogP contribution in [0.15, 0.2) is 24.3 Å². The summed E-state index contributed by atoms with van der Waals surface area (Å²) >= 11 is 0. The smallest absolute Gasteiger partial charge is 0.254 e. The van der Waals surface area contributed by atoms with Gasteiger partial charge in [0.1, 0.15) is 0 Å². The van der Waals surface area contributed by atoms with Crippen LogP contribution < -0.4 is 4.90 Å². The minimum atomic E-state index is -0.188. The first kappa shape index (κ1) is 18.2.